The van der Waals surface area contributed by atoms with E-state index >= 15 is 0 Å². The topological polar surface area (TPSA) is 49.4 Å². The molecule has 17 heavy (non-hydrogen) atoms. The minimum atomic E-state index is -0.732. The van der Waals surface area contributed by atoms with Crippen LogP contribution in [0.4, 0.5) is 0 Å². The molecule has 0 radical (unpaired) electrons. The van der Waals surface area contributed by atoms with Crippen molar-refractivity contribution < 1.29 is 9.59 Å². The van der Waals surface area contributed by atoms with E-state index in [2.05, 4.69) is 5.32 Å². The molecule has 1 heterocycles. The molecular formula is C13H22N2O2. The van der Waals surface area contributed by atoms with Crippen LogP contribution in [0.2, 0.25) is 0 Å². The third-order valence-electron chi connectivity index (χ3n) is 3.81. The lowest BCUT2D eigenvalue weighted by Gasteiger charge is -2.39. The zero-order valence-corrected chi connectivity index (χ0v) is 10.8. The molecule has 1 aliphatic carbocycles. The summed E-state index contributed by atoms with van der Waals surface area (Å²) in [6, 6.07) is 0. The van der Waals surface area contributed by atoms with Crippen LogP contribution >= 0.6 is 0 Å². The van der Waals surface area contributed by atoms with Crippen LogP contribution in [0.15, 0.2) is 0 Å². The number of carbonyl (C=O) groups is 2. The van der Waals surface area contributed by atoms with E-state index in [0.29, 0.717) is 5.92 Å². The van der Waals surface area contributed by atoms with Crippen LogP contribution in [0.5, 0.6) is 0 Å². The van der Waals surface area contributed by atoms with Gasteiger partial charge in [-0.15, -0.1) is 0 Å². The lowest BCUT2D eigenvalue weighted by Crippen LogP contribution is -2.64. The van der Waals surface area contributed by atoms with Gasteiger partial charge in [0.1, 0.15) is 5.54 Å². The predicted molar refractivity (Wildman–Crippen MR) is 65.4 cm³/mol. The van der Waals surface area contributed by atoms with E-state index in [1.54, 1.807) is 18.7 Å². The summed E-state index contributed by atoms with van der Waals surface area (Å²) in [6.45, 7) is 4.55. The normalized spacial score (nSPS) is 25.9. The molecule has 0 aromatic heterocycles. The van der Waals surface area contributed by atoms with E-state index in [4.69, 9.17) is 0 Å². The number of hydrogen-bond donors (Lipinski definition) is 1. The van der Waals surface area contributed by atoms with Crippen molar-refractivity contribution in [2.75, 3.05) is 13.1 Å². The van der Waals surface area contributed by atoms with Gasteiger partial charge in [-0.3, -0.25) is 9.59 Å². The maximum absolute atomic E-state index is 12.2. The lowest BCUT2D eigenvalue weighted by molar-refractivity contribution is -0.149. The molecule has 0 aromatic carbocycles. The summed E-state index contributed by atoms with van der Waals surface area (Å²) in [6.07, 6.45) is 6.25. The zero-order valence-electron chi connectivity index (χ0n) is 10.8. The van der Waals surface area contributed by atoms with E-state index < -0.39 is 5.54 Å². The van der Waals surface area contributed by atoms with Crippen LogP contribution in [-0.4, -0.2) is 35.3 Å². The van der Waals surface area contributed by atoms with Gasteiger partial charge in [0.25, 0.3) is 0 Å². The Hall–Kier alpha value is -1.06. The van der Waals surface area contributed by atoms with Crippen LogP contribution in [0, 0.1) is 5.92 Å². The van der Waals surface area contributed by atoms with Crippen molar-refractivity contribution in [3.05, 3.63) is 0 Å². The van der Waals surface area contributed by atoms with Gasteiger partial charge >= 0.3 is 0 Å². The molecule has 0 aromatic rings. The van der Waals surface area contributed by atoms with Crippen molar-refractivity contribution >= 4 is 11.8 Å². The van der Waals surface area contributed by atoms with Gasteiger partial charge in [0, 0.05) is 6.54 Å². The van der Waals surface area contributed by atoms with E-state index in [-0.39, 0.29) is 18.4 Å². The van der Waals surface area contributed by atoms with Gasteiger partial charge in [0.2, 0.25) is 11.8 Å². The van der Waals surface area contributed by atoms with Crippen molar-refractivity contribution in [2.45, 2.75) is 51.5 Å². The van der Waals surface area contributed by atoms with Crippen LogP contribution in [-0.2, 0) is 9.59 Å². The maximum Gasteiger partial charge on any atom is 0.248 e. The van der Waals surface area contributed by atoms with Crippen molar-refractivity contribution in [3.63, 3.8) is 0 Å². The minimum Gasteiger partial charge on any atom is -0.341 e. The number of nitrogens with one attached hydrogen (secondary N) is 1. The van der Waals surface area contributed by atoms with E-state index in [1.165, 1.54) is 32.1 Å². The smallest absolute Gasteiger partial charge is 0.248 e. The van der Waals surface area contributed by atoms with Crippen molar-refractivity contribution in [1.29, 1.82) is 0 Å². The number of carbonyl (C=O) groups excluding carboxylic acids is 2. The molecule has 0 atom stereocenters. The molecule has 2 amide bonds. The Morgan fingerprint density at radius 1 is 1.24 bits per heavy atom. The zero-order chi connectivity index (χ0) is 12.5. The number of piperazine rings is 1. The Labute approximate surface area is 103 Å². The monoisotopic (exact) mass is 238 g/mol. The van der Waals surface area contributed by atoms with Crippen LogP contribution in [0.1, 0.15) is 46.0 Å². The van der Waals surface area contributed by atoms with E-state index in [9.17, 15) is 9.59 Å². The second-order valence-electron chi connectivity index (χ2n) is 5.86. The predicted octanol–water partition coefficient (Wildman–Crippen LogP) is 1.30. The van der Waals surface area contributed by atoms with Crippen molar-refractivity contribution in [3.8, 4) is 0 Å². The first-order valence-corrected chi connectivity index (χ1v) is 6.59. The van der Waals surface area contributed by atoms with Gasteiger partial charge in [0.05, 0.1) is 6.54 Å². The number of amides is 2. The fraction of sp³-hybridized carbons (Fsp3) is 0.846. The summed E-state index contributed by atoms with van der Waals surface area (Å²) in [5, 5.41) is 2.74. The van der Waals surface area contributed by atoms with E-state index in [0.717, 1.165) is 6.54 Å². The molecule has 1 saturated heterocycles. The number of nitrogens with zero attached hydrogens (tertiary/aromatic N) is 1. The molecule has 0 bridgehead atoms. The minimum absolute atomic E-state index is 0.0367. The molecule has 0 spiro atoms. The highest BCUT2D eigenvalue weighted by Gasteiger charge is 2.39. The summed E-state index contributed by atoms with van der Waals surface area (Å²) in [4.78, 5) is 25.5. The average molecular weight is 238 g/mol. The molecule has 0 unspecified atom stereocenters. The number of rotatable bonds is 2. The van der Waals surface area contributed by atoms with Gasteiger partial charge in [0.15, 0.2) is 0 Å². The molecule has 2 fully saturated rings. The Balaban J connectivity index is 1.98. The van der Waals surface area contributed by atoms with Gasteiger partial charge in [-0.25, -0.2) is 0 Å². The fourth-order valence-corrected chi connectivity index (χ4v) is 2.91. The third kappa shape index (κ3) is 2.79. The largest absolute Gasteiger partial charge is 0.341 e. The van der Waals surface area contributed by atoms with E-state index in [1.807, 2.05) is 0 Å². The Morgan fingerprint density at radius 3 is 2.53 bits per heavy atom. The molecule has 96 valence electrons. The summed E-state index contributed by atoms with van der Waals surface area (Å²) in [5.74, 6) is 0.613. The molecule has 4 heteroatoms. The van der Waals surface area contributed by atoms with Gasteiger partial charge in [-0.2, -0.15) is 0 Å². The van der Waals surface area contributed by atoms with Crippen molar-refractivity contribution in [2.24, 2.45) is 5.92 Å². The van der Waals surface area contributed by atoms with Crippen LogP contribution in [0.3, 0.4) is 0 Å². The first-order valence-electron chi connectivity index (χ1n) is 6.59. The molecule has 2 aliphatic rings. The first kappa shape index (κ1) is 12.4. The SMILES string of the molecule is CC1(C)NC(=O)CN(CC2CCCCC2)C1=O. The molecule has 1 saturated carbocycles. The molecule has 1 aliphatic heterocycles. The Morgan fingerprint density at radius 2 is 1.88 bits per heavy atom. The lowest BCUT2D eigenvalue weighted by atomic mass is 9.88. The highest BCUT2D eigenvalue weighted by Crippen LogP contribution is 2.25. The fourth-order valence-electron chi connectivity index (χ4n) is 2.91. The van der Waals surface area contributed by atoms with Crippen LogP contribution in [0.25, 0.3) is 0 Å². The second-order valence-corrected chi connectivity index (χ2v) is 5.86. The average Bonchev–Trinajstić information content (AvgIpc) is 2.26. The first-order chi connectivity index (χ1) is 7.99. The Bertz CT molecular complexity index is 319. The highest BCUT2D eigenvalue weighted by atomic mass is 16.2. The molecule has 4 nitrogen and oxygen atoms in total. The standard InChI is InChI=1S/C13H22N2O2/c1-13(2)12(17)15(9-11(16)14-13)8-10-6-4-3-5-7-10/h10H,3-9H2,1-2H3,(H,14,16). The highest BCUT2D eigenvalue weighted by molar-refractivity contribution is 5.97. The second kappa shape index (κ2) is 4.67. The van der Waals surface area contributed by atoms with Gasteiger partial charge < -0.3 is 10.2 Å². The van der Waals surface area contributed by atoms with Crippen molar-refractivity contribution in [1.82, 2.24) is 10.2 Å². The van der Waals surface area contributed by atoms with Crippen LogP contribution < -0.4 is 5.32 Å². The number of hydrogen-bond acceptors (Lipinski definition) is 2. The van der Waals surface area contributed by atoms with Gasteiger partial charge in [-0.05, 0) is 32.6 Å². The third-order valence-corrected chi connectivity index (χ3v) is 3.81. The maximum atomic E-state index is 12.2. The summed E-state index contributed by atoms with van der Waals surface area (Å²) >= 11 is 0. The molecule has 1 N–H and O–H groups in total. The molecule has 2 rings (SSSR count). The summed E-state index contributed by atoms with van der Waals surface area (Å²) in [5.41, 5.74) is -0.732. The molecular weight excluding hydrogens is 216 g/mol. The summed E-state index contributed by atoms with van der Waals surface area (Å²) in [7, 11) is 0. The quantitative estimate of drug-likeness (QED) is 0.788. The Kier molecular flexibility index (Phi) is 3.40. The summed E-state index contributed by atoms with van der Waals surface area (Å²) < 4.78 is 0. The van der Waals surface area contributed by atoms with Gasteiger partial charge in [-0.1, -0.05) is 19.3 Å².